The molecule has 0 saturated carbocycles. The van der Waals surface area contributed by atoms with Gasteiger partial charge in [0.25, 0.3) is 0 Å². The Balaban J connectivity index is 0.000000211. The molecule has 2 nitrogen and oxygen atoms in total. The summed E-state index contributed by atoms with van der Waals surface area (Å²) >= 11 is 12.9. The monoisotopic (exact) mass is 344 g/mol. The smallest absolute Gasteiger partial charge is 0.183 e. The van der Waals surface area contributed by atoms with E-state index in [0.717, 1.165) is 0 Å². The van der Waals surface area contributed by atoms with Crippen molar-refractivity contribution in [2.24, 2.45) is 0 Å². The number of nitrogens with zero attached hydrogens (tertiary/aromatic N) is 2. The predicted molar refractivity (Wildman–Crippen MR) is 93.8 cm³/mol. The number of thiazole rings is 1. The lowest BCUT2D eigenvalue weighted by molar-refractivity contribution is 0.587. The van der Waals surface area contributed by atoms with Gasteiger partial charge in [-0.15, -0.1) is 11.3 Å². The average Bonchev–Trinajstić information content (AvgIpc) is 2.76. The highest BCUT2D eigenvalue weighted by atomic mass is 35.5. The van der Waals surface area contributed by atoms with E-state index in [1.54, 1.807) is 11.3 Å². The van der Waals surface area contributed by atoms with Crippen molar-refractivity contribution < 1.29 is 0 Å². The van der Waals surface area contributed by atoms with Crippen LogP contribution in [0.25, 0.3) is 0 Å². The van der Waals surface area contributed by atoms with Crippen LogP contribution >= 0.6 is 34.5 Å². The molecule has 116 valence electrons. The summed E-state index contributed by atoms with van der Waals surface area (Å²) in [5, 5.41) is 0.554. The van der Waals surface area contributed by atoms with E-state index in [4.69, 9.17) is 23.2 Å². The van der Waals surface area contributed by atoms with Crippen LogP contribution in [-0.4, -0.2) is 9.97 Å². The van der Waals surface area contributed by atoms with Gasteiger partial charge in [0.15, 0.2) is 4.47 Å². The summed E-state index contributed by atoms with van der Waals surface area (Å²) in [7, 11) is 0. The molecule has 0 aromatic carbocycles. The number of aromatic nitrogens is 2. The Morgan fingerprint density at radius 2 is 1.48 bits per heavy atom. The van der Waals surface area contributed by atoms with Crippen molar-refractivity contribution in [3.63, 3.8) is 0 Å². The summed E-state index contributed by atoms with van der Waals surface area (Å²) in [5.41, 5.74) is 1.56. The van der Waals surface area contributed by atoms with E-state index in [0.29, 0.717) is 9.62 Å². The summed E-state index contributed by atoms with van der Waals surface area (Å²) in [6.07, 6.45) is 3.66. The molecule has 0 bridgehead atoms. The van der Waals surface area contributed by atoms with Gasteiger partial charge < -0.3 is 0 Å². The molecule has 0 radical (unpaired) electrons. The average molecular weight is 345 g/mol. The van der Waals surface area contributed by atoms with Gasteiger partial charge in [0.1, 0.15) is 5.15 Å². The zero-order valence-corrected chi connectivity index (χ0v) is 15.7. The first-order chi connectivity index (χ1) is 9.50. The van der Waals surface area contributed by atoms with Crippen molar-refractivity contribution in [3.8, 4) is 0 Å². The van der Waals surface area contributed by atoms with E-state index in [9.17, 15) is 0 Å². The third-order valence-corrected chi connectivity index (χ3v) is 4.57. The Hall–Kier alpha value is -0.640. The van der Waals surface area contributed by atoms with Crippen LogP contribution < -0.4 is 0 Å². The highest BCUT2D eigenvalue weighted by molar-refractivity contribution is 7.15. The van der Waals surface area contributed by atoms with Crippen LogP contribution in [0.15, 0.2) is 24.5 Å². The molecule has 2 aromatic heterocycles. The summed E-state index contributed by atoms with van der Waals surface area (Å²) in [4.78, 5) is 9.21. The van der Waals surface area contributed by atoms with Crippen LogP contribution in [0.1, 0.15) is 52.0 Å². The van der Waals surface area contributed by atoms with E-state index in [2.05, 4.69) is 51.5 Å². The molecule has 0 aliphatic heterocycles. The topological polar surface area (TPSA) is 25.8 Å². The highest BCUT2D eigenvalue weighted by Crippen LogP contribution is 2.29. The van der Waals surface area contributed by atoms with Crippen molar-refractivity contribution >= 4 is 34.5 Å². The Labute approximate surface area is 141 Å². The summed E-state index contributed by atoms with van der Waals surface area (Å²) < 4.78 is 0.630. The molecule has 2 aromatic rings. The van der Waals surface area contributed by atoms with Gasteiger partial charge >= 0.3 is 0 Å². The molecule has 0 N–H and O–H groups in total. The largest absolute Gasteiger partial charge is 0.244 e. The van der Waals surface area contributed by atoms with E-state index in [1.807, 2.05) is 24.5 Å². The number of pyridine rings is 1. The maximum absolute atomic E-state index is 5.67. The second kappa shape index (κ2) is 7.08. The minimum atomic E-state index is 0.164. The molecule has 5 heteroatoms. The highest BCUT2D eigenvalue weighted by Gasteiger charge is 2.16. The molecular weight excluding hydrogens is 323 g/mol. The van der Waals surface area contributed by atoms with Crippen LogP contribution in [0, 0.1) is 0 Å². The maximum Gasteiger partial charge on any atom is 0.183 e. The molecule has 2 rings (SSSR count). The van der Waals surface area contributed by atoms with Crippen LogP contribution in [-0.2, 0) is 10.8 Å². The van der Waals surface area contributed by atoms with Crippen LogP contribution in [0.3, 0.4) is 0 Å². The van der Waals surface area contributed by atoms with Crippen molar-refractivity contribution in [2.45, 2.75) is 52.4 Å². The van der Waals surface area contributed by atoms with Gasteiger partial charge in [-0.25, -0.2) is 9.97 Å². The SMILES string of the molecule is CC(C)(C)c1ccc(Cl)nc1.CC(C)(C)c1cnc(Cl)s1. The van der Waals surface area contributed by atoms with Gasteiger partial charge in [-0.1, -0.05) is 70.8 Å². The van der Waals surface area contributed by atoms with Crippen molar-refractivity contribution in [2.75, 3.05) is 0 Å². The van der Waals surface area contributed by atoms with Gasteiger partial charge in [-0.05, 0) is 22.5 Å². The van der Waals surface area contributed by atoms with Gasteiger partial charge in [0.05, 0.1) is 0 Å². The molecule has 0 amide bonds. The third kappa shape index (κ3) is 6.33. The summed E-state index contributed by atoms with van der Waals surface area (Å²) in [6.45, 7) is 12.9. The lowest BCUT2D eigenvalue weighted by atomic mass is 9.88. The second-order valence-corrected chi connectivity index (χ2v) is 8.85. The summed E-state index contributed by atoms with van der Waals surface area (Å²) in [6, 6.07) is 3.83. The molecule has 0 aliphatic rings. The first-order valence-corrected chi connectivity index (χ1v) is 8.31. The molecule has 0 fully saturated rings. The minimum absolute atomic E-state index is 0.164. The first kappa shape index (κ1) is 18.4. The Kier molecular flexibility index (Phi) is 6.21. The molecular formula is C16H22Cl2N2S. The Bertz CT molecular complexity index is 563. The fourth-order valence-electron chi connectivity index (χ4n) is 1.42. The quantitative estimate of drug-likeness (QED) is 0.537. The van der Waals surface area contributed by atoms with E-state index in [-0.39, 0.29) is 10.8 Å². The van der Waals surface area contributed by atoms with E-state index >= 15 is 0 Å². The lowest BCUT2D eigenvalue weighted by Crippen LogP contribution is -2.10. The predicted octanol–water partition coefficient (Wildman–Crippen LogP) is 6.13. The molecule has 0 aliphatic carbocycles. The van der Waals surface area contributed by atoms with Crippen LogP contribution in [0.5, 0.6) is 0 Å². The number of hydrogen-bond acceptors (Lipinski definition) is 3. The fourth-order valence-corrected chi connectivity index (χ4v) is 2.53. The Morgan fingerprint density at radius 1 is 0.857 bits per heavy atom. The van der Waals surface area contributed by atoms with Crippen LogP contribution in [0.4, 0.5) is 0 Å². The standard InChI is InChI=1S/C9H12ClN.C7H10ClNS/c1-9(2,3)7-4-5-8(10)11-6-7;1-7(2,3)5-4-9-6(8)10-5/h4-6H,1-3H3;4H,1-3H3. The number of halogens is 2. The number of rotatable bonds is 0. The summed E-state index contributed by atoms with van der Waals surface area (Å²) in [5.74, 6) is 0. The zero-order valence-electron chi connectivity index (χ0n) is 13.4. The van der Waals surface area contributed by atoms with E-state index in [1.165, 1.54) is 10.4 Å². The first-order valence-electron chi connectivity index (χ1n) is 6.74. The van der Waals surface area contributed by atoms with Crippen LogP contribution in [0.2, 0.25) is 9.62 Å². The molecule has 21 heavy (non-hydrogen) atoms. The van der Waals surface area contributed by atoms with Gasteiger partial charge in [0.2, 0.25) is 0 Å². The molecule has 0 spiro atoms. The zero-order chi connectivity index (χ0) is 16.3. The van der Waals surface area contributed by atoms with Gasteiger partial charge in [-0.2, -0.15) is 0 Å². The van der Waals surface area contributed by atoms with Gasteiger partial charge in [-0.3, -0.25) is 0 Å². The molecule has 0 saturated heterocycles. The fraction of sp³-hybridized carbons (Fsp3) is 0.500. The Morgan fingerprint density at radius 3 is 1.76 bits per heavy atom. The third-order valence-electron chi connectivity index (χ3n) is 2.81. The van der Waals surface area contributed by atoms with Crippen molar-refractivity contribution in [1.82, 2.24) is 9.97 Å². The molecule has 2 heterocycles. The van der Waals surface area contributed by atoms with Crippen molar-refractivity contribution in [1.29, 1.82) is 0 Å². The lowest BCUT2D eigenvalue weighted by Gasteiger charge is -2.17. The minimum Gasteiger partial charge on any atom is -0.244 e. The normalized spacial score (nSPS) is 11.8. The molecule has 0 unspecified atom stereocenters. The van der Waals surface area contributed by atoms with Gasteiger partial charge in [0, 0.05) is 17.3 Å². The maximum atomic E-state index is 5.67. The van der Waals surface area contributed by atoms with E-state index < -0.39 is 0 Å². The molecule has 0 atom stereocenters. The number of hydrogen-bond donors (Lipinski definition) is 0. The second-order valence-electron chi connectivity index (χ2n) is 6.85. The van der Waals surface area contributed by atoms with Crippen molar-refractivity contribution in [3.05, 3.63) is 44.6 Å².